The molecule has 1 N–H and O–H groups in total. The first-order valence-electron chi connectivity index (χ1n) is 7.56. The van der Waals surface area contributed by atoms with E-state index in [0.717, 1.165) is 11.2 Å². The van der Waals surface area contributed by atoms with Gasteiger partial charge in [0.1, 0.15) is 12.2 Å². The van der Waals surface area contributed by atoms with Crippen LogP contribution in [-0.4, -0.2) is 33.2 Å². The number of carbonyl (C=O) groups is 2. The van der Waals surface area contributed by atoms with Crippen molar-refractivity contribution in [3.05, 3.63) is 59.9 Å². The van der Waals surface area contributed by atoms with Crippen LogP contribution in [0.15, 0.2) is 48.5 Å². The van der Waals surface area contributed by atoms with Crippen molar-refractivity contribution in [3.8, 4) is 5.69 Å². The van der Waals surface area contributed by atoms with Gasteiger partial charge in [-0.3, -0.25) is 9.36 Å². The van der Waals surface area contributed by atoms with Gasteiger partial charge in [0.15, 0.2) is 0 Å². The second-order valence-corrected chi connectivity index (χ2v) is 5.19. The van der Waals surface area contributed by atoms with E-state index in [1.807, 2.05) is 34.9 Å². The van der Waals surface area contributed by atoms with E-state index in [2.05, 4.69) is 4.98 Å². The molecule has 0 saturated heterocycles. The predicted octanol–water partition coefficient (Wildman–Crippen LogP) is 2.83. The number of imidazole rings is 1. The molecule has 0 aliphatic rings. The lowest BCUT2D eigenvalue weighted by molar-refractivity contribution is -0.142. The molecule has 6 nitrogen and oxygen atoms in total. The zero-order valence-corrected chi connectivity index (χ0v) is 13.1. The maximum absolute atomic E-state index is 11.9. The van der Waals surface area contributed by atoms with Crippen molar-refractivity contribution in [1.82, 2.24) is 9.55 Å². The lowest BCUT2D eigenvalue weighted by Crippen LogP contribution is -2.12. The minimum absolute atomic E-state index is 0.0137. The topological polar surface area (TPSA) is 81.4 Å². The lowest BCUT2D eigenvalue weighted by atomic mass is 10.2. The number of para-hydroxylation sites is 1. The fourth-order valence-corrected chi connectivity index (χ4v) is 2.59. The average molecular weight is 324 g/mol. The Labute approximate surface area is 138 Å². The summed E-state index contributed by atoms with van der Waals surface area (Å²) in [7, 11) is 0. The smallest absolute Gasteiger partial charge is 0.335 e. The molecule has 0 atom stereocenters. The maximum Gasteiger partial charge on any atom is 0.335 e. The molecule has 0 amide bonds. The highest BCUT2D eigenvalue weighted by atomic mass is 16.5. The Bertz CT molecular complexity index is 900. The number of rotatable bonds is 5. The zero-order valence-electron chi connectivity index (χ0n) is 13.1. The van der Waals surface area contributed by atoms with Gasteiger partial charge >= 0.3 is 11.9 Å². The third kappa shape index (κ3) is 2.99. The van der Waals surface area contributed by atoms with Gasteiger partial charge in [0.2, 0.25) is 0 Å². The van der Waals surface area contributed by atoms with Crippen LogP contribution in [0.4, 0.5) is 0 Å². The Balaban J connectivity index is 2.17. The second kappa shape index (κ2) is 6.54. The Kier molecular flexibility index (Phi) is 4.29. The number of hydrogen-bond acceptors (Lipinski definition) is 4. The van der Waals surface area contributed by atoms with Crippen molar-refractivity contribution in [1.29, 1.82) is 0 Å². The second-order valence-electron chi connectivity index (χ2n) is 5.19. The van der Waals surface area contributed by atoms with Gasteiger partial charge in [-0.05, 0) is 37.3 Å². The molecule has 3 rings (SSSR count). The van der Waals surface area contributed by atoms with Crippen molar-refractivity contribution in [2.45, 2.75) is 13.3 Å². The number of aromatic carboxylic acids is 1. The van der Waals surface area contributed by atoms with E-state index in [1.54, 1.807) is 13.0 Å². The molecule has 0 unspecified atom stereocenters. The number of benzene rings is 2. The molecular weight excluding hydrogens is 308 g/mol. The largest absolute Gasteiger partial charge is 0.478 e. The van der Waals surface area contributed by atoms with Crippen LogP contribution >= 0.6 is 0 Å². The van der Waals surface area contributed by atoms with Gasteiger partial charge in [0.05, 0.1) is 23.2 Å². The molecule has 0 spiro atoms. The third-order valence-corrected chi connectivity index (χ3v) is 3.59. The van der Waals surface area contributed by atoms with Gasteiger partial charge < -0.3 is 9.84 Å². The standard InChI is InChI=1S/C18H16N2O4/c1-2-24-17(21)11-16-19-14-10-12(18(22)23)8-9-15(14)20(16)13-6-4-3-5-7-13/h3-10H,2,11H2,1H3,(H,22,23). The van der Waals surface area contributed by atoms with Crippen LogP contribution in [0.1, 0.15) is 23.1 Å². The third-order valence-electron chi connectivity index (χ3n) is 3.59. The first kappa shape index (κ1) is 15.7. The summed E-state index contributed by atoms with van der Waals surface area (Å²) >= 11 is 0. The number of fused-ring (bicyclic) bond motifs is 1. The van der Waals surface area contributed by atoms with Crippen LogP contribution in [0.5, 0.6) is 0 Å². The van der Waals surface area contributed by atoms with Crippen molar-refractivity contribution in [2.24, 2.45) is 0 Å². The first-order valence-corrected chi connectivity index (χ1v) is 7.56. The minimum Gasteiger partial charge on any atom is -0.478 e. The van der Waals surface area contributed by atoms with E-state index in [1.165, 1.54) is 12.1 Å². The van der Waals surface area contributed by atoms with Crippen molar-refractivity contribution in [3.63, 3.8) is 0 Å². The highest BCUT2D eigenvalue weighted by molar-refractivity contribution is 5.93. The molecule has 122 valence electrons. The summed E-state index contributed by atoms with van der Waals surface area (Å²) in [6, 6.07) is 14.2. The molecule has 0 saturated carbocycles. The SMILES string of the molecule is CCOC(=O)Cc1nc2cc(C(=O)O)ccc2n1-c1ccccc1. The van der Waals surface area contributed by atoms with Gasteiger partial charge in [0.25, 0.3) is 0 Å². The lowest BCUT2D eigenvalue weighted by Gasteiger charge is -2.09. The quantitative estimate of drug-likeness (QED) is 0.730. The van der Waals surface area contributed by atoms with E-state index in [4.69, 9.17) is 9.84 Å². The zero-order chi connectivity index (χ0) is 17.1. The number of carbonyl (C=O) groups excluding carboxylic acids is 1. The van der Waals surface area contributed by atoms with Gasteiger partial charge in [0, 0.05) is 5.69 Å². The highest BCUT2D eigenvalue weighted by Gasteiger charge is 2.17. The molecule has 1 aromatic heterocycles. The summed E-state index contributed by atoms with van der Waals surface area (Å²) in [5.74, 6) is -0.876. The number of aromatic nitrogens is 2. The monoisotopic (exact) mass is 324 g/mol. The fourth-order valence-electron chi connectivity index (χ4n) is 2.59. The molecule has 24 heavy (non-hydrogen) atoms. The highest BCUT2D eigenvalue weighted by Crippen LogP contribution is 2.23. The first-order chi connectivity index (χ1) is 11.6. The fraction of sp³-hybridized carbons (Fsp3) is 0.167. The van der Waals surface area contributed by atoms with Crippen molar-refractivity contribution < 1.29 is 19.4 Å². The molecule has 3 aromatic rings. The Hall–Kier alpha value is -3.15. The number of hydrogen-bond donors (Lipinski definition) is 1. The van der Waals surface area contributed by atoms with Crippen LogP contribution in [0.2, 0.25) is 0 Å². The minimum atomic E-state index is -1.02. The number of esters is 1. The van der Waals surface area contributed by atoms with E-state index in [9.17, 15) is 9.59 Å². The number of carboxylic acid groups (broad SMARTS) is 1. The summed E-state index contributed by atoms with van der Waals surface area (Å²) < 4.78 is 6.85. The molecule has 1 heterocycles. The van der Waals surface area contributed by atoms with Crippen molar-refractivity contribution >= 4 is 23.0 Å². The van der Waals surface area contributed by atoms with E-state index in [-0.39, 0.29) is 18.0 Å². The summed E-state index contributed by atoms with van der Waals surface area (Å²) in [6.07, 6.45) is 0.0137. The van der Waals surface area contributed by atoms with Gasteiger partial charge in [-0.1, -0.05) is 18.2 Å². The molecule has 2 aromatic carbocycles. The van der Waals surface area contributed by atoms with E-state index >= 15 is 0 Å². The summed E-state index contributed by atoms with van der Waals surface area (Å²) in [6.45, 7) is 2.05. The molecule has 0 bridgehead atoms. The van der Waals surface area contributed by atoms with Gasteiger partial charge in [-0.15, -0.1) is 0 Å². The summed E-state index contributed by atoms with van der Waals surface area (Å²) in [4.78, 5) is 27.5. The van der Waals surface area contributed by atoms with Crippen LogP contribution in [0.3, 0.4) is 0 Å². The molecule has 6 heteroatoms. The maximum atomic E-state index is 11.9. The molecule has 0 fully saturated rings. The Morgan fingerprint density at radius 1 is 1.17 bits per heavy atom. The van der Waals surface area contributed by atoms with Crippen LogP contribution in [0.25, 0.3) is 16.7 Å². The molecule has 0 aliphatic heterocycles. The Morgan fingerprint density at radius 3 is 2.58 bits per heavy atom. The van der Waals surface area contributed by atoms with E-state index in [0.29, 0.717) is 17.9 Å². The predicted molar refractivity (Wildman–Crippen MR) is 88.4 cm³/mol. The van der Waals surface area contributed by atoms with Crippen molar-refractivity contribution in [2.75, 3.05) is 6.61 Å². The summed E-state index contributed by atoms with van der Waals surface area (Å²) in [5.41, 5.74) is 2.27. The number of carboxylic acids is 1. The number of nitrogens with zero attached hydrogens (tertiary/aromatic N) is 2. The van der Waals surface area contributed by atoms with E-state index < -0.39 is 5.97 Å². The molecule has 0 radical (unpaired) electrons. The van der Waals surface area contributed by atoms with Gasteiger partial charge in [-0.25, -0.2) is 9.78 Å². The van der Waals surface area contributed by atoms with Crippen LogP contribution in [0, 0.1) is 0 Å². The van der Waals surface area contributed by atoms with Gasteiger partial charge in [-0.2, -0.15) is 0 Å². The normalized spacial score (nSPS) is 10.7. The number of ether oxygens (including phenoxy) is 1. The molecule has 0 aliphatic carbocycles. The Morgan fingerprint density at radius 2 is 1.92 bits per heavy atom. The summed E-state index contributed by atoms with van der Waals surface area (Å²) in [5, 5.41) is 9.14. The average Bonchev–Trinajstić information content (AvgIpc) is 2.92. The van der Waals surface area contributed by atoms with Crippen LogP contribution in [-0.2, 0) is 16.0 Å². The van der Waals surface area contributed by atoms with Crippen LogP contribution < -0.4 is 0 Å². The molecular formula is C18H16N2O4.